The number of amides is 1. The second-order valence-corrected chi connectivity index (χ2v) is 8.90. The molecule has 0 saturated heterocycles. The number of nitrogens with zero attached hydrogens (tertiary/aromatic N) is 2. The van der Waals surface area contributed by atoms with E-state index in [1.807, 2.05) is 25.3 Å². The van der Waals surface area contributed by atoms with Crippen LogP contribution >= 0.6 is 0 Å². The number of rotatable bonds is 6. The van der Waals surface area contributed by atoms with Crippen molar-refractivity contribution in [3.63, 3.8) is 0 Å². The maximum Gasteiger partial charge on any atom is 0.251 e. The molecule has 4 aromatic rings. The van der Waals surface area contributed by atoms with E-state index in [4.69, 9.17) is 14.7 Å². The third-order valence-corrected chi connectivity index (χ3v) is 6.40. The van der Waals surface area contributed by atoms with Crippen molar-refractivity contribution >= 4 is 28.6 Å². The predicted octanol–water partition coefficient (Wildman–Crippen LogP) is 5.67. The zero-order chi connectivity index (χ0) is 23.7. The SMILES string of the molecule is CNC(=O)c1ccc(Nc2nc(OC3CCCC3)c3c(-c4ccc(C)cc4)c[nH]c3n2)c(C)c1. The Kier molecular flexibility index (Phi) is 5.92. The highest BCUT2D eigenvalue weighted by molar-refractivity contribution is 5.98. The summed E-state index contributed by atoms with van der Waals surface area (Å²) in [4.78, 5) is 24.8. The first-order valence-electron chi connectivity index (χ1n) is 11.7. The monoisotopic (exact) mass is 455 g/mol. The average molecular weight is 456 g/mol. The van der Waals surface area contributed by atoms with Gasteiger partial charge in [-0.25, -0.2) is 0 Å². The Morgan fingerprint density at radius 3 is 2.53 bits per heavy atom. The number of carbonyl (C=O) groups excluding carboxylic acids is 1. The molecule has 0 radical (unpaired) electrons. The van der Waals surface area contributed by atoms with Crippen LogP contribution in [0.4, 0.5) is 11.6 Å². The van der Waals surface area contributed by atoms with Gasteiger partial charge in [0.15, 0.2) is 0 Å². The maximum atomic E-state index is 12.0. The minimum absolute atomic E-state index is 0.116. The summed E-state index contributed by atoms with van der Waals surface area (Å²) >= 11 is 0. The van der Waals surface area contributed by atoms with E-state index in [0.29, 0.717) is 17.4 Å². The van der Waals surface area contributed by atoms with Gasteiger partial charge in [0.1, 0.15) is 11.8 Å². The second kappa shape index (κ2) is 9.17. The van der Waals surface area contributed by atoms with Crippen LogP contribution in [0.2, 0.25) is 0 Å². The standard InChI is InChI=1S/C27H29N5O2/c1-16-8-10-18(11-9-16)21-15-29-24-23(21)26(34-20-6-4-5-7-20)32-27(31-24)30-22-13-12-19(14-17(22)2)25(33)28-3/h8-15,20H,4-7H2,1-3H3,(H,28,33)(H2,29,30,31,32). The molecule has 0 aliphatic heterocycles. The van der Waals surface area contributed by atoms with Crippen molar-refractivity contribution in [3.05, 3.63) is 65.4 Å². The van der Waals surface area contributed by atoms with Gasteiger partial charge in [0.25, 0.3) is 5.91 Å². The molecule has 1 aliphatic carbocycles. The molecule has 2 aromatic carbocycles. The molecule has 0 unspecified atom stereocenters. The van der Waals surface area contributed by atoms with Gasteiger partial charge in [-0.2, -0.15) is 9.97 Å². The van der Waals surface area contributed by atoms with Crippen LogP contribution in [0.15, 0.2) is 48.7 Å². The van der Waals surface area contributed by atoms with Crippen molar-refractivity contribution in [3.8, 4) is 17.0 Å². The number of ether oxygens (including phenoxy) is 1. The van der Waals surface area contributed by atoms with Gasteiger partial charge in [0, 0.05) is 30.1 Å². The molecule has 174 valence electrons. The Morgan fingerprint density at radius 2 is 1.82 bits per heavy atom. The minimum Gasteiger partial charge on any atom is -0.474 e. The third kappa shape index (κ3) is 4.33. The largest absolute Gasteiger partial charge is 0.474 e. The summed E-state index contributed by atoms with van der Waals surface area (Å²) in [6, 6.07) is 13.9. The topological polar surface area (TPSA) is 91.9 Å². The third-order valence-electron chi connectivity index (χ3n) is 6.40. The molecule has 0 atom stereocenters. The zero-order valence-electron chi connectivity index (χ0n) is 19.7. The summed E-state index contributed by atoms with van der Waals surface area (Å²) in [5.74, 6) is 0.930. The van der Waals surface area contributed by atoms with Gasteiger partial charge in [-0.3, -0.25) is 4.79 Å². The lowest BCUT2D eigenvalue weighted by Gasteiger charge is -2.16. The van der Waals surface area contributed by atoms with Gasteiger partial charge in [0.2, 0.25) is 11.8 Å². The Bertz CT molecular complexity index is 1340. The summed E-state index contributed by atoms with van der Waals surface area (Å²) in [7, 11) is 1.62. The average Bonchev–Trinajstić information content (AvgIpc) is 3.50. The second-order valence-electron chi connectivity index (χ2n) is 8.90. The van der Waals surface area contributed by atoms with Gasteiger partial charge in [-0.05, 0) is 68.9 Å². The summed E-state index contributed by atoms with van der Waals surface area (Å²) in [6.07, 6.45) is 6.58. The molecule has 7 nitrogen and oxygen atoms in total. The Morgan fingerprint density at radius 1 is 1.06 bits per heavy atom. The van der Waals surface area contributed by atoms with Gasteiger partial charge in [-0.1, -0.05) is 29.8 Å². The molecule has 1 amide bonds. The van der Waals surface area contributed by atoms with E-state index in [9.17, 15) is 4.79 Å². The van der Waals surface area contributed by atoms with Crippen LogP contribution in [0.1, 0.15) is 47.2 Å². The van der Waals surface area contributed by atoms with Crippen LogP contribution in [0.25, 0.3) is 22.2 Å². The van der Waals surface area contributed by atoms with E-state index in [0.717, 1.165) is 46.3 Å². The number of anilines is 2. The normalized spacial score (nSPS) is 13.9. The smallest absolute Gasteiger partial charge is 0.251 e. The van der Waals surface area contributed by atoms with Crippen molar-refractivity contribution in [2.24, 2.45) is 0 Å². The van der Waals surface area contributed by atoms with Crippen molar-refractivity contribution in [1.29, 1.82) is 0 Å². The van der Waals surface area contributed by atoms with Gasteiger partial charge < -0.3 is 20.4 Å². The first kappa shape index (κ1) is 21.9. The maximum absolute atomic E-state index is 12.0. The number of aryl methyl sites for hydroxylation is 2. The van der Waals surface area contributed by atoms with Crippen LogP contribution in [0, 0.1) is 13.8 Å². The number of hydrogen-bond donors (Lipinski definition) is 3. The van der Waals surface area contributed by atoms with E-state index in [-0.39, 0.29) is 12.0 Å². The highest BCUT2D eigenvalue weighted by atomic mass is 16.5. The fraction of sp³-hybridized carbons (Fsp3) is 0.296. The van der Waals surface area contributed by atoms with Crippen molar-refractivity contribution in [2.45, 2.75) is 45.6 Å². The van der Waals surface area contributed by atoms with Crippen molar-refractivity contribution in [2.75, 3.05) is 12.4 Å². The quantitative estimate of drug-likeness (QED) is 0.349. The van der Waals surface area contributed by atoms with E-state index in [1.54, 1.807) is 13.1 Å². The molecular formula is C27H29N5O2. The van der Waals surface area contributed by atoms with Crippen LogP contribution in [0.3, 0.4) is 0 Å². The molecule has 1 fully saturated rings. The lowest BCUT2D eigenvalue weighted by molar-refractivity contribution is 0.0963. The summed E-state index contributed by atoms with van der Waals surface area (Å²) < 4.78 is 6.44. The Balaban J connectivity index is 1.54. The van der Waals surface area contributed by atoms with Crippen molar-refractivity contribution < 1.29 is 9.53 Å². The van der Waals surface area contributed by atoms with Crippen LogP contribution < -0.4 is 15.4 Å². The van der Waals surface area contributed by atoms with Gasteiger partial charge in [0.05, 0.1) is 5.39 Å². The van der Waals surface area contributed by atoms with Crippen LogP contribution in [-0.2, 0) is 0 Å². The number of hydrogen-bond acceptors (Lipinski definition) is 5. The number of H-pyrrole nitrogens is 1. The molecule has 7 heteroatoms. The van der Waals surface area contributed by atoms with Gasteiger partial charge >= 0.3 is 0 Å². The number of benzene rings is 2. The zero-order valence-corrected chi connectivity index (χ0v) is 19.7. The molecule has 34 heavy (non-hydrogen) atoms. The van der Waals surface area contributed by atoms with Crippen LogP contribution in [-0.4, -0.2) is 34.0 Å². The molecule has 1 aliphatic rings. The Labute approximate surface area is 199 Å². The summed E-state index contributed by atoms with van der Waals surface area (Å²) in [5.41, 5.74) is 6.43. The molecule has 0 bridgehead atoms. The first-order chi connectivity index (χ1) is 16.5. The lowest BCUT2D eigenvalue weighted by Crippen LogP contribution is -2.17. The highest BCUT2D eigenvalue weighted by Crippen LogP contribution is 2.37. The first-order valence-corrected chi connectivity index (χ1v) is 11.7. The summed E-state index contributed by atoms with van der Waals surface area (Å²) in [6.45, 7) is 4.03. The molecule has 2 aromatic heterocycles. The molecular weight excluding hydrogens is 426 g/mol. The van der Waals surface area contributed by atoms with Gasteiger partial charge in [-0.15, -0.1) is 0 Å². The Hall–Kier alpha value is -3.87. The lowest BCUT2D eigenvalue weighted by atomic mass is 10.0. The number of fused-ring (bicyclic) bond motifs is 1. The fourth-order valence-corrected chi connectivity index (χ4v) is 4.48. The molecule has 1 saturated carbocycles. The highest BCUT2D eigenvalue weighted by Gasteiger charge is 2.22. The number of aromatic amines is 1. The van der Waals surface area contributed by atoms with Crippen LogP contribution in [0.5, 0.6) is 5.88 Å². The van der Waals surface area contributed by atoms with E-state index in [2.05, 4.69) is 46.8 Å². The minimum atomic E-state index is -0.116. The number of nitrogens with one attached hydrogen (secondary N) is 3. The molecule has 3 N–H and O–H groups in total. The molecule has 2 heterocycles. The number of carbonyl (C=O) groups is 1. The predicted molar refractivity (Wildman–Crippen MR) is 135 cm³/mol. The van der Waals surface area contributed by atoms with E-state index >= 15 is 0 Å². The number of aromatic nitrogens is 3. The van der Waals surface area contributed by atoms with Crippen molar-refractivity contribution in [1.82, 2.24) is 20.3 Å². The molecule has 0 spiro atoms. The molecule has 5 rings (SSSR count). The summed E-state index contributed by atoms with van der Waals surface area (Å²) in [5, 5.41) is 6.87. The van der Waals surface area contributed by atoms with E-state index in [1.165, 1.54) is 18.4 Å². The fourth-order valence-electron chi connectivity index (χ4n) is 4.48. The van der Waals surface area contributed by atoms with E-state index < -0.39 is 0 Å².